The van der Waals surface area contributed by atoms with Crippen molar-refractivity contribution < 1.29 is 14.6 Å². The maximum absolute atomic E-state index is 11.0. The molecule has 0 aliphatic carbocycles. The number of benzene rings is 1. The lowest BCUT2D eigenvalue weighted by Gasteiger charge is -2.09. The average Bonchev–Trinajstić information content (AvgIpc) is 2.33. The first-order valence-electron chi connectivity index (χ1n) is 5.91. The highest BCUT2D eigenvalue weighted by molar-refractivity contribution is 6.30. The van der Waals surface area contributed by atoms with E-state index in [-0.39, 0.29) is 5.56 Å². The fourth-order valence-corrected chi connectivity index (χ4v) is 1.70. The summed E-state index contributed by atoms with van der Waals surface area (Å²) in [5, 5.41) is 9.47. The van der Waals surface area contributed by atoms with Crippen molar-refractivity contribution in [2.75, 3.05) is 6.61 Å². The van der Waals surface area contributed by atoms with E-state index in [4.69, 9.17) is 21.4 Å². The zero-order valence-electron chi connectivity index (χ0n) is 10.2. The summed E-state index contributed by atoms with van der Waals surface area (Å²) in [5.41, 5.74) is 0.144. The molecule has 4 heteroatoms. The summed E-state index contributed by atoms with van der Waals surface area (Å²) in [7, 11) is 0. The van der Waals surface area contributed by atoms with Crippen molar-refractivity contribution in [2.24, 2.45) is 0 Å². The van der Waals surface area contributed by atoms with Crippen LogP contribution in [-0.2, 0) is 0 Å². The van der Waals surface area contributed by atoms with Gasteiger partial charge in [-0.25, -0.2) is 4.79 Å². The number of unbranched alkanes of at least 4 members (excludes halogenated alkanes) is 3. The molecule has 18 heavy (non-hydrogen) atoms. The summed E-state index contributed by atoms with van der Waals surface area (Å²) in [6.07, 6.45) is 5.89. The molecule has 0 radical (unpaired) electrons. The Labute approximate surface area is 112 Å². The van der Waals surface area contributed by atoms with Crippen LogP contribution in [0.4, 0.5) is 0 Å². The number of allylic oxidation sites excluding steroid dienone is 1. The van der Waals surface area contributed by atoms with E-state index in [0.29, 0.717) is 17.4 Å². The van der Waals surface area contributed by atoms with Crippen LogP contribution in [0.25, 0.3) is 0 Å². The lowest BCUT2D eigenvalue weighted by atomic mass is 10.2. The Hall–Kier alpha value is -1.48. The van der Waals surface area contributed by atoms with Crippen molar-refractivity contribution in [3.05, 3.63) is 41.4 Å². The number of carbonyl (C=O) groups is 1. The molecule has 0 fully saturated rings. The molecule has 0 unspecified atom stereocenters. The summed E-state index contributed by atoms with van der Waals surface area (Å²) < 4.78 is 5.47. The van der Waals surface area contributed by atoms with Gasteiger partial charge < -0.3 is 9.84 Å². The van der Waals surface area contributed by atoms with Gasteiger partial charge in [0, 0.05) is 5.02 Å². The first-order valence-corrected chi connectivity index (χ1v) is 6.29. The van der Waals surface area contributed by atoms with Crippen LogP contribution in [0.1, 0.15) is 36.0 Å². The van der Waals surface area contributed by atoms with E-state index < -0.39 is 5.97 Å². The van der Waals surface area contributed by atoms with E-state index in [0.717, 1.165) is 25.7 Å². The number of aromatic carboxylic acids is 1. The molecule has 1 aromatic carbocycles. The minimum Gasteiger partial charge on any atom is -0.493 e. The molecule has 0 saturated heterocycles. The van der Waals surface area contributed by atoms with E-state index in [1.54, 1.807) is 6.07 Å². The normalized spacial score (nSPS) is 10.1. The van der Waals surface area contributed by atoms with E-state index in [2.05, 4.69) is 6.58 Å². The first-order chi connectivity index (χ1) is 8.65. The van der Waals surface area contributed by atoms with Gasteiger partial charge in [0.2, 0.25) is 0 Å². The molecular weight excluding hydrogens is 252 g/mol. The van der Waals surface area contributed by atoms with Gasteiger partial charge in [0.1, 0.15) is 11.3 Å². The zero-order valence-corrected chi connectivity index (χ0v) is 10.9. The van der Waals surface area contributed by atoms with Gasteiger partial charge in [0.25, 0.3) is 0 Å². The summed E-state index contributed by atoms with van der Waals surface area (Å²) >= 11 is 5.82. The van der Waals surface area contributed by atoms with E-state index >= 15 is 0 Å². The summed E-state index contributed by atoms with van der Waals surface area (Å²) in [5.74, 6) is -0.674. The fraction of sp³-hybridized carbons (Fsp3) is 0.357. The van der Waals surface area contributed by atoms with Crippen molar-refractivity contribution in [1.82, 2.24) is 0 Å². The maximum Gasteiger partial charge on any atom is 0.339 e. The van der Waals surface area contributed by atoms with Gasteiger partial charge in [-0.2, -0.15) is 0 Å². The minimum atomic E-state index is -1.01. The van der Waals surface area contributed by atoms with Gasteiger partial charge in [-0.05, 0) is 43.9 Å². The summed E-state index contributed by atoms with van der Waals surface area (Å²) in [6, 6.07) is 4.54. The van der Waals surface area contributed by atoms with Gasteiger partial charge in [0.05, 0.1) is 6.61 Å². The molecule has 0 amide bonds. The Morgan fingerprint density at radius 1 is 1.39 bits per heavy atom. The van der Waals surface area contributed by atoms with Crippen LogP contribution in [0.2, 0.25) is 5.02 Å². The molecule has 0 aromatic heterocycles. The average molecular weight is 269 g/mol. The van der Waals surface area contributed by atoms with Crippen LogP contribution in [0, 0.1) is 0 Å². The topological polar surface area (TPSA) is 46.5 Å². The smallest absolute Gasteiger partial charge is 0.339 e. The van der Waals surface area contributed by atoms with Gasteiger partial charge in [-0.1, -0.05) is 17.7 Å². The number of rotatable bonds is 8. The number of ether oxygens (including phenoxy) is 1. The fourth-order valence-electron chi connectivity index (χ4n) is 1.54. The third-order valence-electron chi connectivity index (χ3n) is 2.48. The highest BCUT2D eigenvalue weighted by Gasteiger charge is 2.11. The van der Waals surface area contributed by atoms with Crippen LogP contribution in [0.15, 0.2) is 30.9 Å². The minimum absolute atomic E-state index is 0.144. The van der Waals surface area contributed by atoms with Crippen LogP contribution in [0.3, 0.4) is 0 Å². The molecule has 0 bridgehead atoms. The van der Waals surface area contributed by atoms with Crippen LogP contribution >= 0.6 is 11.6 Å². The number of carboxylic acids is 1. The van der Waals surface area contributed by atoms with Gasteiger partial charge in [-0.15, -0.1) is 6.58 Å². The van der Waals surface area contributed by atoms with E-state index in [9.17, 15) is 4.79 Å². The number of hydrogen-bond acceptors (Lipinski definition) is 2. The van der Waals surface area contributed by atoms with Crippen LogP contribution in [0.5, 0.6) is 5.75 Å². The molecule has 0 aliphatic heterocycles. The van der Waals surface area contributed by atoms with Crippen LogP contribution in [-0.4, -0.2) is 17.7 Å². The molecule has 0 aliphatic rings. The molecule has 1 rings (SSSR count). The highest BCUT2D eigenvalue weighted by atomic mass is 35.5. The SMILES string of the molecule is C=CCCCCCOc1cc(Cl)ccc1C(=O)O. The first kappa shape index (κ1) is 14.6. The van der Waals surface area contributed by atoms with Crippen molar-refractivity contribution in [2.45, 2.75) is 25.7 Å². The molecule has 0 saturated carbocycles. The Balaban J connectivity index is 2.47. The zero-order chi connectivity index (χ0) is 13.4. The molecule has 0 spiro atoms. The predicted molar refractivity (Wildman–Crippen MR) is 72.6 cm³/mol. The van der Waals surface area contributed by atoms with Crippen molar-refractivity contribution in [3.8, 4) is 5.75 Å². The lowest BCUT2D eigenvalue weighted by molar-refractivity contribution is 0.0692. The molecule has 3 nitrogen and oxygen atoms in total. The van der Waals surface area contributed by atoms with Crippen molar-refractivity contribution in [1.29, 1.82) is 0 Å². The van der Waals surface area contributed by atoms with Gasteiger partial charge in [0.15, 0.2) is 0 Å². The third kappa shape index (κ3) is 4.80. The Morgan fingerprint density at radius 3 is 2.83 bits per heavy atom. The molecule has 98 valence electrons. The standard InChI is InChI=1S/C14H17ClO3/c1-2-3-4-5-6-9-18-13-10-11(15)7-8-12(13)14(16)17/h2,7-8,10H,1,3-6,9H2,(H,16,17). The molecule has 0 atom stereocenters. The number of halogens is 1. The number of carboxylic acid groups (broad SMARTS) is 1. The maximum atomic E-state index is 11.0. The monoisotopic (exact) mass is 268 g/mol. The Bertz CT molecular complexity index is 416. The third-order valence-corrected chi connectivity index (χ3v) is 2.72. The van der Waals surface area contributed by atoms with Crippen molar-refractivity contribution in [3.63, 3.8) is 0 Å². The predicted octanol–water partition coefficient (Wildman–Crippen LogP) is 4.16. The highest BCUT2D eigenvalue weighted by Crippen LogP contribution is 2.23. The Morgan fingerprint density at radius 2 is 2.17 bits per heavy atom. The summed E-state index contributed by atoms with van der Waals surface area (Å²) in [4.78, 5) is 11.0. The van der Waals surface area contributed by atoms with E-state index in [1.807, 2.05) is 6.08 Å². The Kier molecular flexibility index (Phi) is 6.29. The lowest BCUT2D eigenvalue weighted by Crippen LogP contribution is -2.04. The second-order valence-corrected chi connectivity index (χ2v) is 4.37. The second kappa shape index (κ2) is 7.77. The number of hydrogen-bond donors (Lipinski definition) is 1. The quantitative estimate of drug-likeness (QED) is 0.569. The second-order valence-electron chi connectivity index (χ2n) is 3.93. The molecular formula is C14H17ClO3. The molecule has 1 N–H and O–H groups in total. The molecule has 0 heterocycles. The van der Waals surface area contributed by atoms with E-state index in [1.165, 1.54) is 12.1 Å². The van der Waals surface area contributed by atoms with Crippen LogP contribution < -0.4 is 4.74 Å². The summed E-state index contributed by atoms with van der Waals surface area (Å²) in [6.45, 7) is 4.15. The van der Waals surface area contributed by atoms with Gasteiger partial charge >= 0.3 is 5.97 Å². The molecule has 1 aromatic rings. The largest absolute Gasteiger partial charge is 0.493 e. The van der Waals surface area contributed by atoms with Crippen molar-refractivity contribution >= 4 is 17.6 Å². The van der Waals surface area contributed by atoms with Gasteiger partial charge in [-0.3, -0.25) is 0 Å².